The van der Waals surface area contributed by atoms with Crippen molar-refractivity contribution in [3.63, 3.8) is 0 Å². The summed E-state index contributed by atoms with van der Waals surface area (Å²) in [5.41, 5.74) is 2.70. The summed E-state index contributed by atoms with van der Waals surface area (Å²) in [7, 11) is 0. The number of likely N-dealkylation sites (tertiary alicyclic amines) is 1. The van der Waals surface area contributed by atoms with E-state index in [4.69, 9.17) is 9.84 Å². The molecule has 3 heterocycles. The van der Waals surface area contributed by atoms with Gasteiger partial charge in [-0.2, -0.15) is 0 Å². The number of carboxylic acid groups (broad SMARTS) is 1. The van der Waals surface area contributed by atoms with E-state index in [1.807, 2.05) is 29.2 Å². The van der Waals surface area contributed by atoms with Crippen LogP contribution in [0.25, 0.3) is 0 Å². The number of para-hydroxylation sites is 1. The number of hydrogen-bond acceptors (Lipinski definition) is 7. The molecule has 0 radical (unpaired) electrons. The lowest BCUT2D eigenvalue weighted by Crippen LogP contribution is -2.55. The summed E-state index contributed by atoms with van der Waals surface area (Å²) in [6, 6.07) is 13.1. The fourth-order valence-corrected chi connectivity index (χ4v) is 8.26. The predicted octanol–water partition coefficient (Wildman–Crippen LogP) is 4.93. The zero-order valence-electron chi connectivity index (χ0n) is 27.8. The fraction of sp³-hybridized carbons (Fsp3) is 0.556. The van der Waals surface area contributed by atoms with E-state index in [1.165, 1.54) is 0 Å². The van der Waals surface area contributed by atoms with E-state index in [0.717, 1.165) is 48.9 Å². The van der Waals surface area contributed by atoms with Gasteiger partial charge in [-0.15, -0.1) is 0 Å². The van der Waals surface area contributed by atoms with Crippen LogP contribution in [0.1, 0.15) is 56.1 Å². The molecule has 0 aromatic heterocycles. The Hall–Kier alpha value is -3.84. The van der Waals surface area contributed by atoms with Gasteiger partial charge in [-0.3, -0.25) is 14.5 Å². The number of piperidine rings is 1. The van der Waals surface area contributed by atoms with Crippen LogP contribution in [-0.4, -0.2) is 118 Å². The molecule has 0 spiro atoms. The number of phenolic OH excluding ortho intramolecular Hbond substituents is 1. The number of benzene rings is 2. The molecule has 1 aliphatic carbocycles. The fourth-order valence-electron chi connectivity index (χ4n) is 7.84. The van der Waals surface area contributed by atoms with Crippen molar-refractivity contribution in [2.24, 2.45) is 5.92 Å². The van der Waals surface area contributed by atoms with Crippen LogP contribution >= 0.6 is 15.9 Å². The first-order valence-corrected chi connectivity index (χ1v) is 18.3. The number of hydrogen-bond donors (Lipinski definition) is 3. The van der Waals surface area contributed by atoms with Gasteiger partial charge in [0, 0.05) is 76.4 Å². The lowest BCUT2D eigenvalue weighted by atomic mass is 9.83. The molecule has 2 saturated heterocycles. The molecule has 3 N–H and O–H groups in total. The van der Waals surface area contributed by atoms with Crippen molar-refractivity contribution in [3.05, 3.63) is 58.1 Å². The number of rotatable bonds is 8. The van der Waals surface area contributed by atoms with Crippen LogP contribution in [0.15, 0.2) is 46.9 Å². The third-order valence-corrected chi connectivity index (χ3v) is 11.3. The van der Waals surface area contributed by atoms with Crippen LogP contribution in [0, 0.1) is 5.92 Å². The number of amides is 4. The van der Waals surface area contributed by atoms with Crippen LogP contribution in [-0.2, 0) is 27.2 Å². The van der Waals surface area contributed by atoms with E-state index in [0.29, 0.717) is 69.2 Å². The predicted molar refractivity (Wildman–Crippen MR) is 186 cm³/mol. The van der Waals surface area contributed by atoms with Crippen molar-refractivity contribution in [1.82, 2.24) is 19.6 Å². The van der Waals surface area contributed by atoms with Crippen LogP contribution in [0.5, 0.6) is 5.75 Å². The number of piperazine rings is 1. The molecule has 0 bridgehead atoms. The highest BCUT2D eigenvalue weighted by atomic mass is 79.9. The molecule has 49 heavy (non-hydrogen) atoms. The highest BCUT2D eigenvalue weighted by molar-refractivity contribution is 9.10. The largest absolute Gasteiger partial charge is 0.507 e. The average Bonchev–Trinajstić information content (AvgIpc) is 3.27. The summed E-state index contributed by atoms with van der Waals surface area (Å²) in [6.45, 7) is 3.92. The number of phenols is 1. The maximum Gasteiger partial charge on any atom is 0.410 e. The molecule has 2 aromatic carbocycles. The number of nitrogens with zero attached hydrogens (tertiary/aromatic N) is 4. The van der Waals surface area contributed by atoms with Gasteiger partial charge >= 0.3 is 18.1 Å². The minimum absolute atomic E-state index is 0.00588. The number of carboxylic acids is 1. The van der Waals surface area contributed by atoms with Gasteiger partial charge in [0.25, 0.3) is 5.91 Å². The van der Waals surface area contributed by atoms with Gasteiger partial charge < -0.3 is 35.0 Å². The minimum Gasteiger partial charge on any atom is -0.507 e. The van der Waals surface area contributed by atoms with E-state index in [-0.39, 0.29) is 42.5 Å². The quantitative estimate of drug-likeness (QED) is 0.346. The maximum absolute atomic E-state index is 14.0. The summed E-state index contributed by atoms with van der Waals surface area (Å²) in [6.07, 6.45) is 4.57. The second-order valence-electron chi connectivity index (χ2n) is 13.7. The third kappa shape index (κ3) is 8.67. The smallest absolute Gasteiger partial charge is 0.410 e. The van der Waals surface area contributed by atoms with E-state index in [1.54, 1.807) is 28.0 Å². The lowest BCUT2D eigenvalue weighted by molar-refractivity contribution is -0.143. The van der Waals surface area contributed by atoms with Crippen molar-refractivity contribution in [2.45, 2.75) is 76.0 Å². The first-order chi connectivity index (χ1) is 23.6. The summed E-state index contributed by atoms with van der Waals surface area (Å²) < 4.78 is 6.49. The van der Waals surface area contributed by atoms with Gasteiger partial charge in [0.05, 0.1) is 4.47 Å². The van der Waals surface area contributed by atoms with Gasteiger partial charge in [-0.05, 0) is 96.1 Å². The Morgan fingerprint density at radius 3 is 2.29 bits per heavy atom. The zero-order chi connectivity index (χ0) is 34.5. The Balaban J connectivity index is 1.05. The molecule has 1 saturated carbocycles. The first-order valence-electron chi connectivity index (χ1n) is 17.5. The SMILES string of the molecule is O=C(O)C[C@H]1CC[C@H](N2CCN(C(=O)[C@@H](Cc3ccc(O)c(Br)c3)OC(=O)N3CCC(N4CCc5ccccc5NC4=O)CC3)CC2)CC1. The second-order valence-corrected chi connectivity index (χ2v) is 14.6. The summed E-state index contributed by atoms with van der Waals surface area (Å²) >= 11 is 3.35. The number of fused-ring (bicyclic) bond motifs is 1. The Labute approximate surface area is 295 Å². The number of nitrogens with one attached hydrogen (secondary N) is 1. The van der Waals surface area contributed by atoms with Crippen molar-refractivity contribution >= 4 is 45.6 Å². The van der Waals surface area contributed by atoms with Crippen molar-refractivity contribution in [2.75, 3.05) is 51.1 Å². The molecule has 264 valence electrons. The number of aliphatic carboxylic acids is 1. The Bertz CT molecular complexity index is 1520. The van der Waals surface area contributed by atoms with E-state index in [2.05, 4.69) is 26.1 Å². The number of carbonyl (C=O) groups is 4. The monoisotopic (exact) mass is 739 g/mol. The minimum atomic E-state index is -1.03. The lowest BCUT2D eigenvalue weighted by Gasteiger charge is -2.42. The average molecular weight is 741 g/mol. The summed E-state index contributed by atoms with van der Waals surface area (Å²) in [4.78, 5) is 59.4. The van der Waals surface area contributed by atoms with Gasteiger partial charge in [0.1, 0.15) is 5.75 Å². The molecule has 3 fully saturated rings. The molecule has 2 aromatic rings. The third-order valence-electron chi connectivity index (χ3n) is 10.7. The normalized spacial score (nSPS) is 22.9. The van der Waals surface area contributed by atoms with E-state index < -0.39 is 18.2 Å². The highest BCUT2D eigenvalue weighted by Gasteiger charge is 2.36. The molecule has 1 atom stereocenters. The Kier molecular flexibility index (Phi) is 11.3. The van der Waals surface area contributed by atoms with Gasteiger partial charge in [0.2, 0.25) is 0 Å². The molecular formula is C36H46BrN5O7. The number of aromatic hydroxyl groups is 1. The van der Waals surface area contributed by atoms with Crippen molar-refractivity contribution < 1.29 is 34.1 Å². The maximum atomic E-state index is 14.0. The molecule has 4 aliphatic rings. The number of halogens is 1. The van der Waals surface area contributed by atoms with Gasteiger partial charge in [-0.1, -0.05) is 24.3 Å². The molecule has 12 nitrogen and oxygen atoms in total. The van der Waals surface area contributed by atoms with Crippen LogP contribution in [0.4, 0.5) is 15.3 Å². The van der Waals surface area contributed by atoms with E-state index >= 15 is 0 Å². The summed E-state index contributed by atoms with van der Waals surface area (Å²) in [5, 5.41) is 22.2. The number of anilines is 1. The Morgan fingerprint density at radius 1 is 0.878 bits per heavy atom. The van der Waals surface area contributed by atoms with E-state index in [9.17, 15) is 24.3 Å². The topological polar surface area (TPSA) is 143 Å². The molecule has 4 amide bonds. The molecule has 0 unspecified atom stereocenters. The van der Waals surface area contributed by atoms with Gasteiger partial charge in [-0.25, -0.2) is 9.59 Å². The molecular weight excluding hydrogens is 694 g/mol. The number of ether oxygens (including phenoxy) is 1. The summed E-state index contributed by atoms with van der Waals surface area (Å²) in [5.74, 6) is -0.646. The number of urea groups is 1. The number of carbonyl (C=O) groups excluding carboxylic acids is 3. The molecule has 6 rings (SSSR count). The van der Waals surface area contributed by atoms with Crippen LogP contribution < -0.4 is 5.32 Å². The highest BCUT2D eigenvalue weighted by Crippen LogP contribution is 2.31. The van der Waals surface area contributed by atoms with Gasteiger partial charge in [0.15, 0.2) is 6.10 Å². The second kappa shape index (κ2) is 15.8. The van der Waals surface area contributed by atoms with Crippen molar-refractivity contribution in [3.8, 4) is 5.75 Å². The van der Waals surface area contributed by atoms with Crippen LogP contribution in [0.3, 0.4) is 0 Å². The van der Waals surface area contributed by atoms with Crippen LogP contribution in [0.2, 0.25) is 0 Å². The molecule has 3 aliphatic heterocycles. The Morgan fingerprint density at radius 2 is 1.59 bits per heavy atom. The zero-order valence-corrected chi connectivity index (χ0v) is 29.4. The van der Waals surface area contributed by atoms with Crippen molar-refractivity contribution in [1.29, 1.82) is 0 Å². The molecule has 13 heteroatoms. The standard InChI is InChI=1S/C36H46BrN5O7/c37-29-21-25(7-10-31(29)43)22-32(34(46)40-19-17-39(18-20-40)27-8-5-24(6-9-27)23-33(44)45)49-36(48)41-14-12-28(13-15-41)42-16-11-26-3-1-2-4-30(26)38-35(42)47/h1-4,7,10,21,24,27-28,32,43H,5-6,8-9,11-20,22-23H2,(H,38,47)(H,44,45)/t24-,27-,32-/m1/s1. The first kappa shape index (κ1) is 35.0.